The Kier molecular flexibility index (Phi) is 2.54. The molecule has 0 amide bonds. The number of imidazole rings is 1. The second kappa shape index (κ2) is 4.65. The molecule has 1 aliphatic carbocycles. The van der Waals surface area contributed by atoms with Crippen molar-refractivity contribution in [1.82, 2.24) is 9.38 Å². The number of hydrogen-bond donors (Lipinski definition) is 0. The Balaban J connectivity index is 1.80. The van der Waals surface area contributed by atoms with Gasteiger partial charge in [0.05, 0.1) is 16.4 Å². The average Bonchev–Trinajstić information content (AvgIpc) is 3.15. The van der Waals surface area contributed by atoms with Gasteiger partial charge in [-0.1, -0.05) is 50.2 Å². The highest BCUT2D eigenvalue weighted by molar-refractivity contribution is 5.91. The third kappa shape index (κ3) is 1.72. The summed E-state index contributed by atoms with van der Waals surface area (Å²) in [5.41, 5.74) is 6.64. The van der Waals surface area contributed by atoms with Crippen LogP contribution in [0.1, 0.15) is 25.0 Å². The number of nitrogens with zero attached hydrogens (tertiary/aromatic N) is 2. The number of aromatic nitrogens is 2. The largest absolute Gasteiger partial charge is 0.424 e. The highest BCUT2D eigenvalue weighted by atomic mass is 16.4. The fourth-order valence-electron chi connectivity index (χ4n) is 4.47. The molecule has 1 aliphatic rings. The molecule has 0 unspecified atom stereocenters. The maximum atomic E-state index is 13.3. The quantitative estimate of drug-likeness (QED) is 0.398. The molecule has 2 heterocycles. The van der Waals surface area contributed by atoms with Crippen molar-refractivity contribution >= 4 is 27.8 Å². The summed E-state index contributed by atoms with van der Waals surface area (Å²) in [6.45, 7) is 4.42. The first-order valence-electron chi connectivity index (χ1n) is 9.04. The van der Waals surface area contributed by atoms with Crippen LogP contribution in [0.3, 0.4) is 0 Å². The zero-order valence-electron chi connectivity index (χ0n) is 15.0. The second-order valence-corrected chi connectivity index (χ2v) is 7.69. The summed E-state index contributed by atoms with van der Waals surface area (Å²) in [6.07, 6.45) is 0. The number of benzene rings is 3. The summed E-state index contributed by atoms with van der Waals surface area (Å²) in [7, 11) is 0. The van der Waals surface area contributed by atoms with E-state index < -0.39 is 0 Å². The summed E-state index contributed by atoms with van der Waals surface area (Å²) in [5, 5.41) is 0.580. The molecular formula is C23H16N2O2. The van der Waals surface area contributed by atoms with Crippen molar-refractivity contribution in [1.29, 1.82) is 0 Å². The average molecular weight is 352 g/mol. The van der Waals surface area contributed by atoms with Crippen LogP contribution in [0, 0.1) is 0 Å². The first-order chi connectivity index (χ1) is 13.1. The van der Waals surface area contributed by atoms with Gasteiger partial charge in [0.1, 0.15) is 5.58 Å². The van der Waals surface area contributed by atoms with Crippen LogP contribution in [-0.4, -0.2) is 9.38 Å². The van der Waals surface area contributed by atoms with Crippen LogP contribution in [-0.2, 0) is 5.41 Å². The topological polar surface area (TPSA) is 47.5 Å². The van der Waals surface area contributed by atoms with Gasteiger partial charge in [0.25, 0.3) is 5.56 Å². The number of rotatable bonds is 0. The van der Waals surface area contributed by atoms with E-state index in [9.17, 15) is 4.79 Å². The van der Waals surface area contributed by atoms with Crippen molar-refractivity contribution < 1.29 is 4.42 Å². The van der Waals surface area contributed by atoms with Crippen molar-refractivity contribution in [3.05, 3.63) is 82.1 Å². The van der Waals surface area contributed by atoms with Crippen LogP contribution in [0.25, 0.3) is 39.0 Å². The Morgan fingerprint density at radius 1 is 0.926 bits per heavy atom. The Morgan fingerprint density at radius 3 is 2.59 bits per heavy atom. The van der Waals surface area contributed by atoms with Crippen molar-refractivity contribution in [3.8, 4) is 11.1 Å². The molecule has 27 heavy (non-hydrogen) atoms. The van der Waals surface area contributed by atoms with Crippen LogP contribution >= 0.6 is 0 Å². The molecule has 0 fully saturated rings. The zero-order chi connectivity index (χ0) is 18.3. The van der Waals surface area contributed by atoms with Crippen molar-refractivity contribution in [2.75, 3.05) is 0 Å². The smallest absolute Gasteiger partial charge is 0.310 e. The molecule has 4 nitrogen and oxygen atoms in total. The van der Waals surface area contributed by atoms with E-state index in [-0.39, 0.29) is 11.0 Å². The van der Waals surface area contributed by atoms with Crippen molar-refractivity contribution in [2.45, 2.75) is 19.3 Å². The third-order valence-electron chi connectivity index (χ3n) is 5.85. The van der Waals surface area contributed by atoms with Crippen molar-refractivity contribution in [3.63, 3.8) is 0 Å². The molecule has 0 bridgehead atoms. The minimum Gasteiger partial charge on any atom is -0.424 e. The van der Waals surface area contributed by atoms with Gasteiger partial charge in [0.2, 0.25) is 0 Å². The second-order valence-electron chi connectivity index (χ2n) is 7.69. The minimum atomic E-state index is -0.134. The molecule has 6 rings (SSSR count). The molecule has 2 aromatic heterocycles. The number of hydrogen-bond acceptors (Lipinski definition) is 3. The molecular weight excluding hydrogens is 336 g/mol. The van der Waals surface area contributed by atoms with Gasteiger partial charge in [0.15, 0.2) is 0 Å². The van der Waals surface area contributed by atoms with Gasteiger partial charge >= 0.3 is 5.84 Å². The fourth-order valence-corrected chi connectivity index (χ4v) is 4.47. The van der Waals surface area contributed by atoms with Crippen LogP contribution in [0.2, 0.25) is 0 Å². The van der Waals surface area contributed by atoms with E-state index in [1.54, 1.807) is 4.40 Å². The molecule has 5 aromatic rings. The van der Waals surface area contributed by atoms with Gasteiger partial charge in [-0.15, -0.1) is 0 Å². The van der Waals surface area contributed by atoms with Gasteiger partial charge in [-0.25, -0.2) is 4.40 Å². The SMILES string of the molecule is CC1(C)c2ccccc2-c2cc3c(=O)n4c(nc5ccccc54)oc3cc21. The predicted octanol–water partition coefficient (Wildman–Crippen LogP) is 4.90. The molecule has 0 aliphatic heterocycles. The predicted molar refractivity (Wildman–Crippen MR) is 106 cm³/mol. The molecule has 0 atom stereocenters. The fraction of sp³-hybridized carbons (Fsp3) is 0.130. The lowest BCUT2D eigenvalue weighted by atomic mass is 9.82. The molecule has 130 valence electrons. The van der Waals surface area contributed by atoms with Gasteiger partial charge in [-0.3, -0.25) is 4.79 Å². The van der Waals surface area contributed by atoms with E-state index >= 15 is 0 Å². The lowest BCUT2D eigenvalue weighted by Gasteiger charge is -2.21. The summed E-state index contributed by atoms with van der Waals surface area (Å²) < 4.78 is 7.65. The standard InChI is InChI=1S/C23H16N2O2/c1-23(2)16-8-4-3-7-13(16)14-11-15-20(12-17(14)23)27-22-24-18-9-5-6-10-19(18)25(22)21(15)26/h3-12H,1-2H3. The maximum absolute atomic E-state index is 13.3. The van der Waals surface area contributed by atoms with E-state index in [0.29, 0.717) is 16.8 Å². The van der Waals surface area contributed by atoms with Gasteiger partial charge in [-0.2, -0.15) is 4.98 Å². The van der Waals surface area contributed by atoms with Crippen LogP contribution in [0.5, 0.6) is 0 Å². The molecule has 0 saturated carbocycles. The summed E-state index contributed by atoms with van der Waals surface area (Å²) in [6, 6.07) is 20.0. The Hall–Kier alpha value is -3.40. The van der Waals surface area contributed by atoms with E-state index in [0.717, 1.165) is 16.6 Å². The highest BCUT2D eigenvalue weighted by Crippen LogP contribution is 2.49. The molecule has 4 heteroatoms. The van der Waals surface area contributed by atoms with Crippen LogP contribution in [0.4, 0.5) is 0 Å². The lowest BCUT2D eigenvalue weighted by molar-refractivity contribution is 0.611. The number of fused-ring (bicyclic) bond motifs is 7. The first-order valence-corrected chi connectivity index (χ1v) is 9.04. The first kappa shape index (κ1) is 14.7. The van der Waals surface area contributed by atoms with E-state index in [4.69, 9.17) is 4.42 Å². The van der Waals surface area contributed by atoms with E-state index in [2.05, 4.69) is 37.0 Å². The van der Waals surface area contributed by atoms with Gasteiger partial charge in [0, 0.05) is 5.41 Å². The van der Waals surface area contributed by atoms with Crippen LogP contribution in [0.15, 0.2) is 69.9 Å². The Labute approximate surface area is 154 Å². The Bertz CT molecular complexity index is 1470. The normalized spacial score (nSPS) is 14.7. The number of para-hydroxylation sites is 2. The molecule has 0 spiro atoms. The third-order valence-corrected chi connectivity index (χ3v) is 5.85. The highest BCUT2D eigenvalue weighted by Gasteiger charge is 2.36. The molecule has 0 saturated heterocycles. The van der Waals surface area contributed by atoms with Gasteiger partial charge < -0.3 is 4.42 Å². The zero-order valence-corrected chi connectivity index (χ0v) is 15.0. The lowest BCUT2D eigenvalue weighted by Crippen LogP contribution is -2.16. The van der Waals surface area contributed by atoms with E-state index in [1.165, 1.54) is 16.7 Å². The molecule has 0 N–H and O–H groups in total. The van der Waals surface area contributed by atoms with Gasteiger partial charge in [-0.05, 0) is 46.5 Å². The summed E-state index contributed by atoms with van der Waals surface area (Å²) in [5.74, 6) is 0.335. The summed E-state index contributed by atoms with van der Waals surface area (Å²) in [4.78, 5) is 17.8. The molecule has 3 aromatic carbocycles. The monoisotopic (exact) mass is 352 g/mol. The Morgan fingerprint density at radius 2 is 1.70 bits per heavy atom. The van der Waals surface area contributed by atoms with Crippen LogP contribution < -0.4 is 5.56 Å². The minimum absolute atomic E-state index is 0.0927. The summed E-state index contributed by atoms with van der Waals surface area (Å²) >= 11 is 0. The van der Waals surface area contributed by atoms with E-state index in [1.807, 2.05) is 42.5 Å². The van der Waals surface area contributed by atoms with Crippen molar-refractivity contribution in [2.24, 2.45) is 0 Å². The maximum Gasteiger partial charge on any atom is 0.310 e. The molecule has 0 radical (unpaired) electrons.